The fraction of sp³-hybridized carbons (Fsp3) is 0.222. The quantitative estimate of drug-likeness (QED) is 0.495. The first kappa shape index (κ1) is 11.3. The third-order valence-corrected chi connectivity index (χ3v) is 2.51. The topological polar surface area (TPSA) is 32.6 Å². The van der Waals surface area contributed by atoms with E-state index in [4.69, 9.17) is 16.8 Å². The Morgan fingerprint density at radius 2 is 2.36 bits per heavy atom. The summed E-state index contributed by atoms with van der Waals surface area (Å²) in [6, 6.07) is 4.23. The van der Waals surface area contributed by atoms with Crippen LogP contribution in [0.1, 0.15) is 5.56 Å². The molecule has 1 aromatic carbocycles. The van der Waals surface area contributed by atoms with Crippen molar-refractivity contribution in [3.63, 3.8) is 0 Å². The van der Waals surface area contributed by atoms with Gasteiger partial charge in [0.2, 0.25) is 0 Å². The number of thioether (sulfide) groups is 1. The van der Waals surface area contributed by atoms with E-state index in [1.807, 2.05) is 6.26 Å². The van der Waals surface area contributed by atoms with E-state index >= 15 is 0 Å². The highest BCUT2D eigenvalue weighted by atomic mass is 35.5. The predicted octanol–water partition coefficient (Wildman–Crippen LogP) is 3.02. The third-order valence-electron chi connectivity index (χ3n) is 1.65. The maximum atomic E-state index is 12.8. The summed E-state index contributed by atoms with van der Waals surface area (Å²) >= 11 is 7.11. The molecule has 0 aliphatic carbocycles. The number of oxime groups is 1. The first-order valence-corrected chi connectivity index (χ1v) is 5.61. The van der Waals surface area contributed by atoms with Gasteiger partial charge in [-0.25, -0.2) is 4.39 Å². The van der Waals surface area contributed by atoms with Gasteiger partial charge >= 0.3 is 0 Å². The Balaban J connectivity index is 3.00. The van der Waals surface area contributed by atoms with Crippen molar-refractivity contribution >= 4 is 29.1 Å². The van der Waals surface area contributed by atoms with Crippen molar-refractivity contribution in [1.82, 2.24) is 0 Å². The van der Waals surface area contributed by atoms with Crippen LogP contribution in [0.2, 0.25) is 5.02 Å². The minimum atomic E-state index is -0.475. The zero-order valence-electron chi connectivity index (χ0n) is 7.50. The lowest BCUT2D eigenvalue weighted by Crippen LogP contribution is -2.04. The van der Waals surface area contributed by atoms with Crippen LogP contribution < -0.4 is 0 Å². The lowest BCUT2D eigenvalue weighted by atomic mass is 10.1. The average Bonchev–Trinajstić information content (AvgIpc) is 2.19. The van der Waals surface area contributed by atoms with E-state index < -0.39 is 5.82 Å². The number of hydrogen-bond donors (Lipinski definition) is 1. The standard InChI is InChI=1S/C9H9ClFNOS/c1-14-5-9(12-13)6-2-3-8(11)7(10)4-6/h2-4,13H,5H2,1H3. The molecule has 0 heterocycles. The van der Waals surface area contributed by atoms with Crippen molar-refractivity contribution in [2.75, 3.05) is 12.0 Å². The molecule has 0 bridgehead atoms. The van der Waals surface area contributed by atoms with E-state index in [1.165, 1.54) is 30.0 Å². The van der Waals surface area contributed by atoms with Crippen LogP contribution in [0.25, 0.3) is 0 Å². The molecule has 0 aliphatic rings. The van der Waals surface area contributed by atoms with E-state index in [2.05, 4.69) is 5.16 Å². The molecule has 14 heavy (non-hydrogen) atoms. The second-order valence-electron chi connectivity index (χ2n) is 2.61. The lowest BCUT2D eigenvalue weighted by Gasteiger charge is -2.03. The molecule has 76 valence electrons. The number of nitrogens with zero attached hydrogens (tertiary/aromatic N) is 1. The van der Waals surface area contributed by atoms with Crippen LogP contribution >= 0.6 is 23.4 Å². The molecule has 0 fully saturated rings. The Hall–Kier alpha value is -0.740. The average molecular weight is 234 g/mol. The molecular weight excluding hydrogens is 225 g/mol. The van der Waals surface area contributed by atoms with E-state index in [-0.39, 0.29) is 5.02 Å². The molecule has 0 saturated carbocycles. The molecule has 0 unspecified atom stereocenters. The van der Waals surface area contributed by atoms with Crippen LogP contribution in [0.3, 0.4) is 0 Å². The van der Waals surface area contributed by atoms with Crippen molar-refractivity contribution in [3.05, 3.63) is 34.6 Å². The van der Waals surface area contributed by atoms with Crippen LogP contribution in [-0.4, -0.2) is 22.9 Å². The summed E-state index contributed by atoms with van der Waals surface area (Å²) in [5, 5.41) is 11.9. The zero-order chi connectivity index (χ0) is 10.6. The highest BCUT2D eigenvalue weighted by Crippen LogP contribution is 2.17. The van der Waals surface area contributed by atoms with Gasteiger partial charge in [0.05, 0.1) is 10.7 Å². The summed E-state index contributed by atoms with van der Waals surface area (Å²) in [6.07, 6.45) is 1.89. The molecule has 2 nitrogen and oxygen atoms in total. The second-order valence-corrected chi connectivity index (χ2v) is 3.88. The van der Waals surface area contributed by atoms with Crippen molar-refractivity contribution in [2.24, 2.45) is 5.16 Å². The molecule has 0 aromatic heterocycles. The van der Waals surface area contributed by atoms with Crippen LogP contribution in [0, 0.1) is 5.82 Å². The fourth-order valence-corrected chi connectivity index (χ4v) is 1.66. The molecule has 1 N–H and O–H groups in total. The van der Waals surface area contributed by atoms with Crippen molar-refractivity contribution in [1.29, 1.82) is 0 Å². The van der Waals surface area contributed by atoms with Gasteiger partial charge < -0.3 is 5.21 Å². The summed E-state index contributed by atoms with van der Waals surface area (Å²) < 4.78 is 12.8. The maximum absolute atomic E-state index is 12.8. The van der Waals surface area contributed by atoms with Crippen LogP contribution in [0.15, 0.2) is 23.4 Å². The summed E-state index contributed by atoms with van der Waals surface area (Å²) in [4.78, 5) is 0. The number of rotatable bonds is 3. The smallest absolute Gasteiger partial charge is 0.141 e. The molecule has 0 atom stereocenters. The van der Waals surface area contributed by atoms with Gasteiger partial charge in [-0.05, 0) is 24.5 Å². The van der Waals surface area contributed by atoms with E-state index in [1.54, 1.807) is 0 Å². The van der Waals surface area contributed by atoms with Gasteiger partial charge in [0.1, 0.15) is 5.82 Å². The second kappa shape index (κ2) is 5.22. The Kier molecular flexibility index (Phi) is 4.22. The zero-order valence-corrected chi connectivity index (χ0v) is 9.07. The molecule has 0 radical (unpaired) electrons. The monoisotopic (exact) mass is 233 g/mol. The van der Waals surface area contributed by atoms with Crippen molar-refractivity contribution in [2.45, 2.75) is 0 Å². The molecule has 0 spiro atoms. The number of halogens is 2. The first-order chi connectivity index (χ1) is 6.69. The van der Waals surface area contributed by atoms with E-state index in [0.717, 1.165) is 0 Å². The fourth-order valence-electron chi connectivity index (χ4n) is 0.982. The predicted molar refractivity (Wildman–Crippen MR) is 58.1 cm³/mol. The highest BCUT2D eigenvalue weighted by Gasteiger charge is 2.06. The summed E-state index contributed by atoms with van der Waals surface area (Å²) in [5.41, 5.74) is 1.12. The van der Waals surface area contributed by atoms with Gasteiger partial charge in [-0.2, -0.15) is 11.8 Å². The molecule has 5 heteroatoms. The molecule has 0 saturated heterocycles. The maximum Gasteiger partial charge on any atom is 0.141 e. The number of benzene rings is 1. The Bertz CT molecular complexity index is 357. The Morgan fingerprint density at radius 3 is 2.86 bits per heavy atom. The normalized spacial score (nSPS) is 11.8. The van der Waals surface area contributed by atoms with Crippen LogP contribution in [0.4, 0.5) is 4.39 Å². The number of hydrogen-bond acceptors (Lipinski definition) is 3. The van der Waals surface area contributed by atoms with Gasteiger partial charge in [0.25, 0.3) is 0 Å². The Morgan fingerprint density at radius 1 is 1.64 bits per heavy atom. The molecule has 0 amide bonds. The van der Waals surface area contributed by atoms with E-state index in [0.29, 0.717) is 17.0 Å². The van der Waals surface area contributed by atoms with Gasteiger partial charge in [-0.15, -0.1) is 0 Å². The molecule has 1 rings (SSSR count). The highest BCUT2D eigenvalue weighted by molar-refractivity contribution is 7.99. The van der Waals surface area contributed by atoms with Gasteiger partial charge in [0.15, 0.2) is 0 Å². The minimum Gasteiger partial charge on any atom is -0.411 e. The van der Waals surface area contributed by atoms with Gasteiger partial charge in [-0.3, -0.25) is 0 Å². The Labute approximate surface area is 90.8 Å². The van der Waals surface area contributed by atoms with Crippen LogP contribution in [-0.2, 0) is 0 Å². The molecule has 1 aromatic rings. The summed E-state index contributed by atoms with van der Waals surface area (Å²) in [7, 11) is 0. The van der Waals surface area contributed by atoms with Crippen LogP contribution in [0.5, 0.6) is 0 Å². The van der Waals surface area contributed by atoms with E-state index in [9.17, 15) is 4.39 Å². The SMILES string of the molecule is CSCC(=NO)c1ccc(F)c(Cl)c1. The summed E-state index contributed by atoms with van der Waals surface area (Å²) in [5.74, 6) is 0.0789. The molecular formula is C9H9ClFNOS. The van der Waals surface area contributed by atoms with Crippen molar-refractivity contribution < 1.29 is 9.60 Å². The summed E-state index contributed by atoms with van der Waals surface area (Å²) in [6.45, 7) is 0. The van der Waals surface area contributed by atoms with Gasteiger partial charge in [0, 0.05) is 11.3 Å². The lowest BCUT2D eigenvalue weighted by molar-refractivity contribution is 0.319. The van der Waals surface area contributed by atoms with Gasteiger partial charge in [-0.1, -0.05) is 16.8 Å². The molecule has 0 aliphatic heterocycles. The first-order valence-electron chi connectivity index (χ1n) is 3.84. The largest absolute Gasteiger partial charge is 0.411 e. The van der Waals surface area contributed by atoms with Crippen molar-refractivity contribution in [3.8, 4) is 0 Å². The third kappa shape index (κ3) is 2.62. The minimum absolute atomic E-state index is 0.0322.